The van der Waals surface area contributed by atoms with E-state index in [0.717, 1.165) is 11.2 Å². The fourth-order valence-corrected chi connectivity index (χ4v) is 2.80. The molecule has 84 valence electrons. The maximum absolute atomic E-state index is 3.59. The molecule has 0 aliphatic heterocycles. The van der Waals surface area contributed by atoms with E-state index >= 15 is 0 Å². The molecule has 1 fully saturated rings. The minimum atomic E-state index is 0.784. The molecule has 0 atom stereocenters. The van der Waals surface area contributed by atoms with Crippen LogP contribution in [0.2, 0.25) is 0 Å². The van der Waals surface area contributed by atoms with Gasteiger partial charge in [0.25, 0.3) is 0 Å². The van der Waals surface area contributed by atoms with Crippen molar-refractivity contribution in [1.82, 2.24) is 5.32 Å². The van der Waals surface area contributed by atoms with E-state index in [1.807, 2.05) is 0 Å². The Morgan fingerprint density at radius 3 is 2.57 bits per heavy atom. The molecule has 0 aromatic heterocycles. The second kappa shape index (κ2) is 7.58. The Kier molecular flexibility index (Phi) is 6.70. The SMILES string of the molecule is CC(C)SCCNCC1CCCCC1. The normalized spacial score (nSPS) is 19.1. The van der Waals surface area contributed by atoms with Gasteiger partial charge in [0.1, 0.15) is 0 Å². The minimum absolute atomic E-state index is 0.784. The first kappa shape index (κ1) is 12.4. The van der Waals surface area contributed by atoms with Crippen LogP contribution in [0.25, 0.3) is 0 Å². The van der Waals surface area contributed by atoms with Gasteiger partial charge in [0, 0.05) is 12.3 Å². The van der Waals surface area contributed by atoms with Gasteiger partial charge in [-0.25, -0.2) is 0 Å². The maximum Gasteiger partial charge on any atom is 0.00606 e. The molecule has 0 aromatic carbocycles. The summed E-state index contributed by atoms with van der Waals surface area (Å²) < 4.78 is 0. The Labute approximate surface area is 93.4 Å². The van der Waals surface area contributed by atoms with Gasteiger partial charge in [-0.3, -0.25) is 0 Å². The fourth-order valence-electron chi connectivity index (χ4n) is 2.06. The minimum Gasteiger partial charge on any atom is -0.316 e. The molecule has 0 bridgehead atoms. The second-order valence-corrected chi connectivity index (χ2v) is 6.31. The van der Waals surface area contributed by atoms with Crippen LogP contribution in [0.4, 0.5) is 0 Å². The highest BCUT2D eigenvalue weighted by molar-refractivity contribution is 7.99. The van der Waals surface area contributed by atoms with E-state index in [2.05, 4.69) is 30.9 Å². The molecule has 0 unspecified atom stereocenters. The highest BCUT2D eigenvalue weighted by Gasteiger charge is 2.12. The van der Waals surface area contributed by atoms with Crippen LogP contribution >= 0.6 is 11.8 Å². The first-order chi connectivity index (χ1) is 6.79. The van der Waals surface area contributed by atoms with Crippen molar-refractivity contribution in [3.05, 3.63) is 0 Å². The van der Waals surface area contributed by atoms with Gasteiger partial charge in [-0.1, -0.05) is 33.1 Å². The molecule has 1 aliphatic carbocycles. The lowest BCUT2D eigenvalue weighted by Crippen LogP contribution is -2.26. The van der Waals surface area contributed by atoms with Crippen LogP contribution in [0.15, 0.2) is 0 Å². The van der Waals surface area contributed by atoms with Crippen LogP contribution < -0.4 is 5.32 Å². The van der Waals surface area contributed by atoms with Gasteiger partial charge < -0.3 is 5.32 Å². The monoisotopic (exact) mass is 215 g/mol. The van der Waals surface area contributed by atoms with E-state index in [0.29, 0.717) is 0 Å². The molecule has 0 heterocycles. The molecule has 1 saturated carbocycles. The lowest BCUT2D eigenvalue weighted by atomic mass is 9.89. The largest absolute Gasteiger partial charge is 0.316 e. The number of nitrogens with one attached hydrogen (secondary N) is 1. The Hall–Kier alpha value is 0.310. The average Bonchev–Trinajstić information content (AvgIpc) is 2.18. The number of thioether (sulfide) groups is 1. The summed E-state index contributed by atoms with van der Waals surface area (Å²) in [6.45, 7) is 7.00. The van der Waals surface area contributed by atoms with Crippen molar-refractivity contribution in [2.24, 2.45) is 5.92 Å². The molecule has 1 aliphatic rings. The molecule has 2 heteroatoms. The molecule has 14 heavy (non-hydrogen) atoms. The van der Waals surface area contributed by atoms with Gasteiger partial charge >= 0.3 is 0 Å². The molecule has 1 N–H and O–H groups in total. The Bertz CT molecular complexity index is 130. The molecule has 1 nitrogen and oxygen atoms in total. The quantitative estimate of drug-likeness (QED) is 0.682. The first-order valence-corrected chi connectivity index (χ1v) is 7.16. The standard InChI is InChI=1S/C12H25NS/c1-11(2)14-9-8-13-10-12-6-4-3-5-7-12/h11-13H,3-10H2,1-2H3. The van der Waals surface area contributed by atoms with Crippen molar-refractivity contribution in [3.8, 4) is 0 Å². The maximum atomic E-state index is 3.59. The van der Waals surface area contributed by atoms with Gasteiger partial charge in [-0.15, -0.1) is 0 Å². The third-order valence-corrected chi connectivity index (χ3v) is 3.99. The molecule has 0 amide bonds. The molecule has 0 spiro atoms. The van der Waals surface area contributed by atoms with Gasteiger partial charge in [-0.2, -0.15) is 11.8 Å². The van der Waals surface area contributed by atoms with Crippen molar-refractivity contribution in [2.75, 3.05) is 18.8 Å². The number of hydrogen-bond acceptors (Lipinski definition) is 2. The zero-order valence-electron chi connectivity index (χ0n) is 9.72. The van der Waals surface area contributed by atoms with E-state index < -0.39 is 0 Å². The molecule has 0 radical (unpaired) electrons. The summed E-state index contributed by atoms with van der Waals surface area (Å²) in [4.78, 5) is 0. The molecule has 0 saturated heterocycles. The van der Waals surface area contributed by atoms with Crippen molar-refractivity contribution in [3.63, 3.8) is 0 Å². The first-order valence-electron chi connectivity index (χ1n) is 6.11. The zero-order chi connectivity index (χ0) is 10.2. The lowest BCUT2D eigenvalue weighted by Gasteiger charge is -2.21. The predicted molar refractivity (Wildman–Crippen MR) is 67.0 cm³/mol. The van der Waals surface area contributed by atoms with Crippen LogP contribution in [0.1, 0.15) is 46.0 Å². The average molecular weight is 215 g/mol. The summed E-state index contributed by atoms with van der Waals surface area (Å²) in [5.41, 5.74) is 0. The summed E-state index contributed by atoms with van der Waals surface area (Å²) in [7, 11) is 0. The third-order valence-electron chi connectivity index (χ3n) is 2.89. The van der Waals surface area contributed by atoms with Crippen molar-refractivity contribution < 1.29 is 0 Å². The summed E-state index contributed by atoms with van der Waals surface area (Å²) in [6.07, 6.45) is 7.33. The van der Waals surface area contributed by atoms with Crippen LogP contribution in [0.3, 0.4) is 0 Å². The van der Waals surface area contributed by atoms with Crippen molar-refractivity contribution in [2.45, 2.75) is 51.2 Å². The van der Waals surface area contributed by atoms with Crippen molar-refractivity contribution >= 4 is 11.8 Å². The van der Waals surface area contributed by atoms with Crippen molar-refractivity contribution in [1.29, 1.82) is 0 Å². The van der Waals surface area contributed by atoms with Gasteiger partial charge in [-0.05, 0) is 30.6 Å². The number of hydrogen-bond donors (Lipinski definition) is 1. The Morgan fingerprint density at radius 2 is 1.93 bits per heavy atom. The molecule has 0 aromatic rings. The summed E-state index contributed by atoms with van der Waals surface area (Å²) in [5, 5.41) is 4.37. The van der Waals surface area contributed by atoms with Crippen LogP contribution in [0, 0.1) is 5.92 Å². The smallest absolute Gasteiger partial charge is 0.00606 e. The molecular weight excluding hydrogens is 190 g/mol. The summed E-state index contributed by atoms with van der Waals surface area (Å²) >= 11 is 2.06. The van der Waals surface area contributed by atoms with Gasteiger partial charge in [0.15, 0.2) is 0 Å². The zero-order valence-corrected chi connectivity index (χ0v) is 10.5. The van der Waals surface area contributed by atoms with Crippen LogP contribution in [-0.4, -0.2) is 24.1 Å². The lowest BCUT2D eigenvalue weighted by molar-refractivity contribution is 0.345. The van der Waals surface area contributed by atoms with E-state index in [1.54, 1.807) is 0 Å². The molecular formula is C12H25NS. The van der Waals surface area contributed by atoms with E-state index in [4.69, 9.17) is 0 Å². The fraction of sp³-hybridized carbons (Fsp3) is 1.00. The Balaban J connectivity index is 1.87. The highest BCUT2D eigenvalue weighted by atomic mass is 32.2. The summed E-state index contributed by atoms with van der Waals surface area (Å²) in [6, 6.07) is 0. The predicted octanol–water partition coefficient (Wildman–Crippen LogP) is 3.30. The molecule has 1 rings (SSSR count). The Morgan fingerprint density at radius 1 is 1.21 bits per heavy atom. The topological polar surface area (TPSA) is 12.0 Å². The number of rotatable bonds is 6. The highest BCUT2D eigenvalue weighted by Crippen LogP contribution is 2.22. The second-order valence-electron chi connectivity index (χ2n) is 4.63. The van der Waals surface area contributed by atoms with E-state index in [-0.39, 0.29) is 0 Å². The van der Waals surface area contributed by atoms with Gasteiger partial charge in [0.2, 0.25) is 0 Å². The van der Waals surface area contributed by atoms with Crippen LogP contribution in [0.5, 0.6) is 0 Å². The third kappa shape index (κ3) is 5.92. The van der Waals surface area contributed by atoms with E-state index in [1.165, 1.54) is 50.9 Å². The summed E-state index contributed by atoms with van der Waals surface area (Å²) in [5.74, 6) is 2.25. The van der Waals surface area contributed by atoms with Gasteiger partial charge in [0.05, 0.1) is 0 Å². The van der Waals surface area contributed by atoms with E-state index in [9.17, 15) is 0 Å². The van der Waals surface area contributed by atoms with Crippen LogP contribution in [-0.2, 0) is 0 Å².